The molecule has 0 spiro atoms. The van der Waals surface area contributed by atoms with Crippen LogP contribution in [-0.2, 0) is 25.5 Å². The Labute approximate surface area is 125 Å². The van der Waals surface area contributed by atoms with Crippen LogP contribution in [0.3, 0.4) is 0 Å². The van der Waals surface area contributed by atoms with Gasteiger partial charge in [-0.05, 0) is 36.8 Å². The summed E-state index contributed by atoms with van der Waals surface area (Å²) in [6.07, 6.45) is 5.39. The van der Waals surface area contributed by atoms with Gasteiger partial charge in [-0.3, -0.25) is 4.79 Å². The first-order valence-electron chi connectivity index (χ1n) is 7.30. The van der Waals surface area contributed by atoms with E-state index in [2.05, 4.69) is 0 Å². The maximum Gasteiger partial charge on any atom is 0.314 e. The standard InChI is InChI=1S/C16H20O4S/c1-21(19,20)11-15(9-10-15)12-3-5-13(6-4-12)16(14(17)18)7-2-8-16/h3-6H,2,7-11H2,1H3,(H,17,18). The van der Waals surface area contributed by atoms with Crippen LogP contribution >= 0.6 is 0 Å². The highest BCUT2D eigenvalue weighted by Gasteiger charge is 2.48. The van der Waals surface area contributed by atoms with Gasteiger partial charge in [0.2, 0.25) is 0 Å². The van der Waals surface area contributed by atoms with Gasteiger partial charge in [-0.25, -0.2) is 8.42 Å². The van der Waals surface area contributed by atoms with Crippen molar-refractivity contribution in [2.75, 3.05) is 12.0 Å². The highest BCUT2D eigenvalue weighted by molar-refractivity contribution is 7.90. The van der Waals surface area contributed by atoms with E-state index in [4.69, 9.17) is 0 Å². The molecule has 1 N–H and O–H groups in total. The van der Waals surface area contributed by atoms with Gasteiger partial charge in [0, 0.05) is 11.7 Å². The van der Waals surface area contributed by atoms with Crippen LogP contribution in [0.1, 0.15) is 43.2 Å². The average molecular weight is 308 g/mol. The second-order valence-electron chi connectivity index (χ2n) is 6.67. The highest BCUT2D eigenvalue weighted by atomic mass is 32.2. The number of hydrogen-bond donors (Lipinski definition) is 1. The topological polar surface area (TPSA) is 71.4 Å². The quantitative estimate of drug-likeness (QED) is 0.906. The minimum atomic E-state index is -3.01. The fourth-order valence-electron chi connectivity index (χ4n) is 3.47. The molecule has 0 aromatic heterocycles. The molecule has 0 atom stereocenters. The van der Waals surface area contributed by atoms with Crippen molar-refractivity contribution in [2.45, 2.75) is 42.9 Å². The molecule has 0 radical (unpaired) electrons. The van der Waals surface area contributed by atoms with E-state index in [0.717, 1.165) is 30.4 Å². The zero-order valence-corrected chi connectivity index (χ0v) is 12.9. The van der Waals surface area contributed by atoms with Gasteiger partial charge in [0.05, 0.1) is 11.2 Å². The molecule has 1 aromatic carbocycles. The molecule has 4 nitrogen and oxygen atoms in total. The van der Waals surface area contributed by atoms with Gasteiger partial charge in [0.1, 0.15) is 9.84 Å². The summed E-state index contributed by atoms with van der Waals surface area (Å²) < 4.78 is 23.1. The summed E-state index contributed by atoms with van der Waals surface area (Å²) in [5.41, 5.74) is 0.922. The van der Waals surface area contributed by atoms with Crippen molar-refractivity contribution in [2.24, 2.45) is 0 Å². The molecular formula is C16H20O4S. The van der Waals surface area contributed by atoms with Crippen molar-refractivity contribution in [3.63, 3.8) is 0 Å². The SMILES string of the molecule is CS(=O)(=O)CC1(c2ccc(C3(C(=O)O)CCC3)cc2)CC1. The van der Waals surface area contributed by atoms with E-state index in [1.807, 2.05) is 24.3 Å². The molecule has 21 heavy (non-hydrogen) atoms. The molecular weight excluding hydrogens is 288 g/mol. The fourth-order valence-corrected chi connectivity index (χ4v) is 4.93. The third-order valence-corrected chi connectivity index (χ3v) is 6.14. The molecule has 0 heterocycles. The van der Waals surface area contributed by atoms with Gasteiger partial charge in [-0.15, -0.1) is 0 Å². The van der Waals surface area contributed by atoms with Crippen LogP contribution in [0.4, 0.5) is 0 Å². The summed E-state index contributed by atoms with van der Waals surface area (Å²) in [5, 5.41) is 9.45. The molecule has 0 aliphatic heterocycles. The van der Waals surface area contributed by atoms with E-state index >= 15 is 0 Å². The van der Waals surface area contributed by atoms with Gasteiger partial charge < -0.3 is 5.11 Å². The molecule has 2 saturated carbocycles. The van der Waals surface area contributed by atoms with E-state index in [0.29, 0.717) is 12.8 Å². The number of aliphatic carboxylic acids is 1. The number of carbonyl (C=O) groups is 1. The Balaban J connectivity index is 1.87. The lowest BCUT2D eigenvalue weighted by molar-refractivity contribution is -0.147. The largest absolute Gasteiger partial charge is 0.481 e. The molecule has 3 rings (SSSR count). The van der Waals surface area contributed by atoms with Crippen LogP contribution in [0.25, 0.3) is 0 Å². The van der Waals surface area contributed by atoms with E-state index in [1.54, 1.807) is 0 Å². The summed E-state index contributed by atoms with van der Waals surface area (Å²) in [4.78, 5) is 11.5. The monoisotopic (exact) mass is 308 g/mol. The molecule has 2 aliphatic rings. The van der Waals surface area contributed by atoms with Gasteiger partial charge in [0.15, 0.2) is 0 Å². The van der Waals surface area contributed by atoms with Crippen molar-refractivity contribution in [3.05, 3.63) is 35.4 Å². The molecule has 0 saturated heterocycles. The predicted octanol–water partition coefficient (Wildman–Crippen LogP) is 2.27. The summed E-state index contributed by atoms with van der Waals surface area (Å²) in [7, 11) is -3.01. The summed E-state index contributed by atoms with van der Waals surface area (Å²) in [5.74, 6) is -0.567. The summed E-state index contributed by atoms with van der Waals surface area (Å²) in [6, 6.07) is 7.61. The maximum absolute atomic E-state index is 11.6. The zero-order valence-electron chi connectivity index (χ0n) is 12.1. The van der Waals surface area contributed by atoms with E-state index in [1.165, 1.54) is 6.26 Å². The lowest BCUT2D eigenvalue weighted by atomic mass is 9.64. The molecule has 114 valence electrons. The maximum atomic E-state index is 11.6. The Morgan fingerprint density at radius 1 is 1.10 bits per heavy atom. The van der Waals surface area contributed by atoms with Crippen molar-refractivity contribution >= 4 is 15.8 Å². The second kappa shape index (κ2) is 4.57. The van der Waals surface area contributed by atoms with E-state index in [9.17, 15) is 18.3 Å². The molecule has 1 aromatic rings. The van der Waals surface area contributed by atoms with E-state index in [-0.39, 0.29) is 11.2 Å². The molecule has 5 heteroatoms. The predicted molar refractivity (Wildman–Crippen MR) is 80.2 cm³/mol. The molecule has 2 fully saturated rings. The Morgan fingerprint density at radius 3 is 1.95 bits per heavy atom. The van der Waals surface area contributed by atoms with Gasteiger partial charge in [0.25, 0.3) is 0 Å². The van der Waals surface area contributed by atoms with E-state index < -0.39 is 21.2 Å². The van der Waals surface area contributed by atoms with Crippen LogP contribution in [0.15, 0.2) is 24.3 Å². The smallest absolute Gasteiger partial charge is 0.314 e. The summed E-state index contributed by atoms with van der Waals surface area (Å²) in [6.45, 7) is 0. The first-order valence-corrected chi connectivity index (χ1v) is 9.36. The minimum absolute atomic E-state index is 0.184. The third kappa shape index (κ3) is 2.48. The van der Waals surface area contributed by atoms with Crippen LogP contribution < -0.4 is 0 Å². The number of carboxylic acids is 1. The van der Waals surface area contributed by atoms with Crippen LogP contribution in [0.5, 0.6) is 0 Å². The molecule has 2 aliphatic carbocycles. The Bertz CT molecular complexity index is 665. The lowest BCUT2D eigenvalue weighted by Crippen LogP contribution is -2.42. The Hall–Kier alpha value is -1.36. The minimum Gasteiger partial charge on any atom is -0.481 e. The van der Waals surface area contributed by atoms with Crippen LogP contribution in [-0.4, -0.2) is 31.5 Å². The van der Waals surface area contributed by atoms with Crippen LogP contribution in [0.2, 0.25) is 0 Å². The number of sulfone groups is 1. The number of rotatable bonds is 5. The number of hydrogen-bond acceptors (Lipinski definition) is 3. The molecule has 0 unspecified atom stereocenters. The van der Waals surface area contributed by atoms with Crippen molar-refractivity contribution < 1.29 is 18.3 Å². The highest BCUT2D eigenvalue weighted by Crippen LogP contribution is 2.50. The van der Waals surface area contributed by atoms with Crippen LogP contribution in [0, 0.1) is 0 Å². The summed E-state index contributed by atoms with van der Waals surface area (Å²) >= 11 is 0. The number of benzene rings is 1. The molecule has 0 amide bonds. The number of carboxylic acid groups (broad SMARTS) is 1. The molecule has 0 bridgehead atoms. The normalized spacial score (nSPS) is 22.3. The Kier molecular flexibility index (Phi) is 3.17. The lowest BCUT2D eigenvalue weighted by Gasteiger charge is -2.38. The average Bonchev–Trinajstić information content (AvgIpc) is 3.06. The van der Waals surface area contributed by atoms with Crippen molar-refractivity contribution in [3.8, 4) is 0 Å². The van der Waals surface area contributed by atoms with Gasteiger partial charge >= 0.3 is 5.97 Å². The Morgan fingerprint density at radius 2 is 1.62 bits per heavy atom. The van der Waals surface area contributed by atoms with Crippen molar-refractivity contribution in [1.82, 2.24) is 0 Å². The van der Waals surface area contributed by atoms with Gasteiger partial charge in [-0.1, -0.05) is 30.7 Å². The first-order chi connectivity index (χ1) is 9.78. The van der Waals surface area contributed by atoms with Gasteiger partial charge in [-0.2, -0.15) is 0 Å². The first kappa shape index (κ1) is 14.6. The fraction of sp³-hybridized carbons (Fsp3) is 0.562. The van der Waals surface area contributed by atoms with Crippen molar-refractivity contribution in [1.29, 1.82) is 0 Å². The third-order valence-electron chi connectivity index (χ3n) is 5.06. The zero-order chi connectivity index (χ0) is 15.3. The second-order valence-corrected chi connectivity index (χ2v) is 8.81.